The number of hydrogen-bond donors (Lipinski definition) is 1. The van der Waals surface area contributed by atoms with Crippen LogP contribution in [0.3, 0.4) is 0 Å². The van der Waals surface area contributed by atoms with Gasteiger partial charge >= 0.3 is 5.97 Å². The normalized spacial score (nSPS) is 12.6. The summed E-state index contributed by atoms with van der Waals surface area (Å²) in [6.45, 7) is 12.7. The molecule has 0 bridgehead atoms. The number of benzene rings is 1. The molecule has 1 aromatic carbocycles. The topological polar surface area (TPSA) is 37.3 Å². The third kappa shape index (κ3) is 3.25. The van der Waals surface area contributed by atoms with E-state index in [0.717, 1.165) is 14.7 Å². The largest absolute Gasteiger partial charge is 0.478 e. The minimum atomic E-state index is -0.851. The highest BCUT2D eigenvalue weighted by atomic mass is 127. The molecule has 0 aliphatic heterocycles. The first-order valence-electron chi connectivity index (χ1n) is 6.02. The van der Waals surface area contributed by atoms with Crippen LogP contribution in [-0.2, 0) is 10.8 Å². The highest BCUT2D eigenvalue weighted by molar-refractivity contribution is 14.1. The average molecular weight is 360 g/mol. The zero-order chi connectivity index (χ0) is 14.3. The zero-order valence-electron chi connectivity index (χ0n) is 11.9. The number of carbonyl (C=O) groups is 1. The molecule has 0 heterocycles. The molecule has 0 radical (unpaired) electrons. The van der Waals surface area contributed by atoms with E-state index in [1.807, 2.05) is 0 Å². The molecule has 0 saturated carbocycles. The van der Waals surface area contributed by atoms with Gasteiger partial charge in [0.15, 0.2) is 0 Å². The van der Waals surface area contributed by atoms with Crippen LogP contribution in [0.2, 0.25) is 0 Å². The maximum absolute atomic E-state index is 11.4. The molecule has 100 valence electrons. The van der Waals surface area contributed by atoms with Gasteiger partial charge in [0.1, 0.15) is 0 Å². The van der Waals surface area contributed by atoms with Gasteiger partial charge in [0.2, 0.25) is 0 Å². The van der Waals surface area contributed by atoms with E-state index in [1.54, 1.807) is 6.07 Å². The molecule has 2 nitrogen and oxygen atoms in total. The standard InChI is InChI=1S/C15H21IO2/c1-14(2,3)9-7-10(13(17)18)12(16)11(8-9)15(4,5)6/h7-8H,1-6H3,(H,17,18). The number of carboxylic acid groups (broad SMARTS) is 1. The third-order valence-corrected chi connectivity index (χ3v) is 4.14. The smallest absolute Gasteiger partial charge is 0.336 e. The number of carboxylic acids is 1. The van der Waals surface area contributed by atoms with Gasteiger partial charge in [-0.1, -0.05) is 47.6 Å². The van der Waals surface area contributed by atoms with Crippen molar-refractivity contribution in [1.29, 1.82) is 0 Å². The van der Waals surface area contributed by atoms with Gasteiger partial charge in [-0.05, 0) is 50.6 Å². The van der Waals surface area contributed by atoms with Gasteiger partial charge in [-0.2, -0.15) is 0 Å². The predicted octanol–water partition coefficient (Wildman–Crippen LogP) is 4.58. The Bertz CT molecular complexity index is 476. The molecule has 0 aliphatic rings. The lowest BCUT2D eigenvalue weighted by Crippen LogP contribution is -2.20. The first kappa shape index (κ1) is 15.5. The van der Waals surface area contributed by atoms with Gasteiger partial charge in [0, 0.05) is 3.57 Å². The van der Waals surface area contributed by atoms with E-state index < -0.39 is 5.97 Å². The molecule has 0 aromatic heterocycles. The van der Waals surface area contributed by atoms with Crippen LogP contribution in [-0.4, -0.2) is 11.1 Å². The summed E-state index contributed by atoms with van der Waals surface area (Å²) in [5.74, 6) is -0.851. The lowest BCUT2D eigenvalue weighted by atomic mass is 9.79. The summed E-state index contributed by atoms with van der Waals surface area (Å²) in [5, 5.41) is 9.34. The molecule has 1 aromatic rings. The molecule has 0 fully saturated rings. The van der Waals surface area contributed by atoms with Gasteiger partial charge in [-0.25, -0.2) is 4.79 Å². The fraction of sp³-hybridized carbons (Fsp3) is 0.533. The summed E-state index contributed by atoms with van der Waals surface area (Å²) in [7, 11) is 0. The average Bonchev–Trinajstić information content (AvgIpc) is 2.13. The van der Waals surface area contributed by atoms with E-state index in [4.69, 9.17) is 0 Å². The summed E-state index contributed by atoms with van der Waals surface area (Å²) < 4.78 is 0.848. The van der Waals surface area contributed by atoms with Gasteiger partial charge in [-0.15, -0.1) is 0 Å². The highest BCUT2D eigenvalue weighted by Gasteiger charge is 2.25. The second-order valence-corrected chi connectivity index (χ2v) is 7.77. The Hall–Kier alpha value is -0.580. The van der Waals surface area contributed by atoms with Gasteiger partial charge < -0.3 is 5.11 Å². The van der Waals surface area contributed by atoms with E-state index in [9.17, 15) is 9.90 Å². The Morgan fingerprint density at radius 1 is 1.06 bits per heavy atom. The van der Waals surface area contributed by atoms with Crippen LogP contribution in [0.5, 0.6) is 0 Å². The quantitative estimate of drug-likeness (QED) is 0.744. The Morgan fingerprint density at radius 2 is 1.56 bits per heavy atom. The van der Waals surface area contributed by atoms with Crippen molar-refractivity contribution in [2.75, 3.05) is 0 Å². The fourth-order valence-corrected chi connectivity index (χ4v) is 3.11. The fourth-order valence-electron chi connectivity index (χ4n) is 1.76. The monoisotopic (exact) mass is 360 g/mol. The van der Waals surface area contributed by atoms with Crippen molar-refractivity contribution in [2.45, 2.75) is 52.4 Å². The summed E-state index contributed by atoms with van der Waals surface area (Å²) in [6, 6.07) is 3.95. The Balaban J connectivity index is 3.63. The molecule has 1 N–H and O–H groups in total. The van der Waals surface area contributed by atoms with Gasteiger partial charge in [0.05, 0.1) is 5.56 Å². The van der Waals surface area contributed by atoms with Gasteiger partial charge in [-0.3, -0.25) is 0 Å². The van der Waals surface area contributed by atoms with Crippen molar-refractivity contribution in [3.8, 4) is 0 Å². The molecule has 0 spiro atoms. The first-order valence-corrected chi connectivity index (χ1v) is 7.10. The second kappa shape index (κ2) is 4.83. The van der Waals surface area contributed by atoms with Crippen molar-refractivity contribution >= 4 is 28.6 Å². The zero-order valence-corrected chi connectivity index (χ0v) is 14.0. The molecule has 1 rings (SSSR count). The molecule has 3 heteroatoms. The van der Waals surface area contributed by atoms with E-state index in [2.05, 4.69) is 70.2 Å². The van der Waals surface area contributed by atoms with Crippen LogP contribution < -0.4 is 0 Å². The van der Waals surface area contributed by atoms with Crippen molar-refractivity contribution in [3.63, 3.8) is 0 Å². The van der Waals surface area contributed by atoms with Gasteiger partial charge in [0.25, 0.3) is 0 Å². The number of halogens is 1. The van der Waals surface area contributed by atoms with Crippen LogP contribution in [0.15, 0.2) is 12.1 Å². The number of rotatable bonds is 1. The van der Waals surface area contributed by atoms with Crippen molar-refractivity contribution in [2.24, 2.45) is 0 Å². The van der Waals surface area contributed by atoms with Crippen LogP contribution in [0.1, 0.15) is 63.0 Å². The summed E-state index contributed by atoms with van der Waals surface area (Å²) in [6.07, 6.45) is 0. The minimum absolute atomic E-state index is 0.0471. The molecule has 18 heavy (non-hydrogen) atoms. The third-order valence-electron chi connectivity index (χ3n) is 2.98. The number of aromatic carboxylic acids is 1. The molecule has 0 atom stereocenters. The maximum Gasteiger partial charge on any atom is 0.336 e. The molecular weight excluding hydrogens is 339 g/mol. The molecular formula is C15H21IO2. The second-order valence-electron chi connectivity index (χ2n) is 6.69. The molecule has 0 unspecified atom stereocenters. The summed E-state index contributed by atoms with van der Waals surface area (Å²) in [4.78, 5) is 11.4. The minimum Gasteiger partial charge on any atom is -0.478 e. The molecule has 0 saturated heterocycles. The van der Waals surface area contributed by atoms with Crippen molar-refractivity contribution < 1.29 is 9.90 Å². The molecule has 0 amide bonds. The number of hydrogen-bond acceptors (Lipinski definition) is 1. The van der Waals surface area contributed by atoms with Crippen LogP contribution in [0.25, 0.3) is 0 Å². The van der Waals surface area contributed by atoms with E-state index in [-0.39, 0.29) is 10.8 Å². The van der Waals surface area contributed by atoms with Crippen LogP contribution in [0.4, 0.5) is 0 Å². The predicted molar refractivity (Wildman–Crippen MR) is 83.5 cm³/mol. The van der Waals surface area contributed by atoms with Crippen LogP contribution in [0, 0.1) is 3.57 Å². The Morgan fingerprint density at radius 3 is 1.89 bits per heavy atom. The summed E-state index contributed by atoms with van der Waals surface area (Å²) >= 11 is 2.15. The SMILES string of the molecule is CC(C)(C)c1cc(C(=O)O)c(I)c(C(C)(C)C)c1. The maximum atomic E-state index is 11.4. The lowest BCUT2D eigenvalue weighted by Gasteiger charge is -2.27. The van der Waals surface area contributed by atoms with Crippen LogP contribution >= 0.6 is 22.6 Å². The molecule has 0 aliphatic carbocycles. The van der Waals surface area contributed by atoms with E-state index in [1.165, 1.54) is 0 Å². The van der Waals surface area contributed by atoms with Crippen molar-refractivity contribution in [1.82, 2.24) is 0 Å². The Labute approximate surface area is 123 Å². The Kier molecular flexibility index (Phi) is 4.16. The van der Waals surface area contributed by atoms with E-state index in [0.29, 0.717) is 5.56 Å². The van der Waals surface area contributed by atoms with Crippen molar-refractivity contribution in [3.05, 3.63) is 32.4 Å². The van der Waals surface area contributed by atoms with E-state index >= 15 is 0 Å². The highest BCUT2D eigenvalue weighted by Crippen LogP contribution is 2.34. The first-order chi connectivity index (χ1) is 7.94. The summed E-state index contributed by atoms with van der Waals surface area (Å²) in [5.41, 5.74) is 2.49. The lowest BCUT2D eigenvalue weighted by molar-refractivity contribution is 0.0695.